The number of carbonyl (C=O) groups is 5. The number of aromatic hydroxyl groups is 2. The van der Waals surface area contributed by atoms with E-state index < -0.39 is 47.9 Å². The van der Waals surface area contributed by atoms with E-state index in [1.165, 1.54) is 36.4 Å². The Morgan fingerprint density at radius 2 is 1.49 bits per heavy atom. The largest absolute Gasteiger partial charge is 0.508 e. The van der Waals surface area contributed by atoms with Crippen molar-refractivity contribution < 1.29 is 44.4 Å². The molecule has 1 heterocycles. The maximum atomic E-state index is 12.8. The van der Waals surface area contributed by atoms with Gasteiger partial charge >= 0.3 is 24.0 Å². The summed E-state index contributed by atoms with van der Waals surface area (Å²) in [5.74, 6) is -4.11. The van der Waals surface area contributed by atoms with E-state index >= 15 is 0 Å². The number of unbranched alkanes of at least 4 members (excludes halogenated alkanes) is 1. The molecule has 208 valence electrons. The molecule has 1 fully saturated rings. The average molecular weight is 543 g/mol. The van der Waals surface area contributed by atoms with Crippen LogP contribution in [-0.2, 0) is 20.8 Å². The molecule has 1 aliphatic heterocycles. The highest BCUT2D eigenvalue weighted by Gasteiger charge is 2.44. The number of carboxylic acid groups (broad SMARTS) is 2. The molecule has 5 amide bonds. The second-order valence-electron chi connectivity index (χ2n) is 9.05. The number of urea groups is 2. The van der Waals surface area contributed by atoms with Crippen molar-refractivity contribution in [2.75, 3.05) is 13.1 Å². The van der Waals surface area contributed by atoms with Crippen LogP contribution in [0.1, 0.15) is 36.3 Å². The molecule has 2 aromatic carbocycles. The van der Waals surface area contributed by atoms with Crippen LogP contribution in [0, 0.1) is 0 Å². The zero-order valence-electron chi connectivity index (χ0n) is 20.9. The first-order valence-electron chi connectivity index (χ1n) is 12.2. The molecule has 3 atom stereocenters. The average Bonchev–Trinajstić information content (AvgIpc) is 3.15. The molecule has 13 heteroatoms. The summed E-state index contributed by atoms with van der Waals surface area (Å²) < 4.78 is 0. The van der Waals surface area contributed by atoms with Crippen molar-refractivity contribution in [2.24, 2.45) is 0 Å². The monoisotopic (exact) mass is 542 g/mol. The molecule has 1 aliphatic rings. The van der Waals surface area contributed by atoms with Crippen LogP contribution in [0.25, 0.3) is 0 Å². The number of phenolic OH excluding ortho intramolecular Hbond substituents is 2. The SMILES string of the molecule is O=C(NCCCCC(C(=O)O)N1C(=O)NC(Cc2ccc(O)cc2)C1=O)NCC(C(=O)O)c1ccc(O)cc1. The number of phenols is 2. The lowest BCUT2D eigenvalue weighted by atomic mass is 9.99. The summed E-state index contributed by atoms with van der Waals surface area (Å²) >= 11 is 0. The Morgan fingerprint density at radius 1 is 0.872 bits per heavy atom. The van der Waals surface area contributed by atoms with Crippen LogP contribution in [0.3, 0.4) is 0 Å². The van der Waals surface area contributed by atoms with Gasteiger partial charge in [-0.2, -0.15) is 0 Å². The van der Waals surface area contributed by atoms with Crippen molar-refractivity contribution in [1.82, 2.24) is 20.9 Å². The number of imide groups is 1. The number of carboxylic acids is 2. The number of aliphatic carboxylic acids is 2. The Bertz CT molecular complexity index is 1200. The van der Waals surface area contributed by atoms with Crippen LogP contribution < -0.4 is 16.0 Å². The second kappa shape index (κ2) is 13.1. The zero-order chi connectivity index (χ0) is 28.5. The molecule has 0 aliphatic carbocycles. The first kappa shape index (κ1) is 28.8. The molecule has 0 spiro atoms. The third-order valence-electron chi connectivity index (χ3n) is 6.28. The highest BCUT2D eigenvalue weighted by molar-refractivity contribution is 6.07. The third kappa shape index (κ3) is 7.84. The number of benzene rings is 2. The maximum Gasteiger partial charge on any atom is 0.326 e. The number of hydrogen-bond acceptors (Lipinski definition) is 7. The minimum Gasteiger partial charge on any atom is -0.508 e. The van der Waals surface area contributed by atoms with E-state index in [1.807, 2.05) is 0 Å². The Labute approximate surface area is 223 Å². The number of carbonyl (C=O) groups excluding carboxylic acids is 3. The Kier molecular flexibility index (Phi) is 9.68. The Hall–Kier alpha value is -4.81. The molecule has 2 aromatic rings. The number of hydrogen-bond donors (Lipinski definition) is 7. The van der Waals surface area contributed by atoms with Gasteiger partial charge in [-0.15, -0.1) is 0 Å². The van der Waals surface area contributed by atoms with Gasteiger partial charge in [0.05, 0.1) is 5.92 Å². The van der Waals surface area contributed by atoms with Crippen LogP contribution >= 0.6 is 0 Å². The molecule has 1 saturated heterocycles. The number of nitrogens with zero attached hydrogens (tertiary/aromatic N) is 1. The van der Waals surface area contributed by atoms with Gasteiger partial charge in [-0.25, -0.2) is 19.3 Å². The van der Waals surface area contributed by atoms with Crippen LogP contribution in [0.2, 0.25) is 0 Å². The first-order chi connectivity index (χ1) is 18.6. The standard InChI is InChI=1S/C26H30N4O9/c31-17-8-4-15(5-9-17)13-20-22(33)30(26(39)29-20)21(24(36)37)3-1-2-12-27-25(38)28-14-19(23(34)35)16-6-10-18(32)11-7-16/h4-11,19-21,31-32H,1-3,12-14H2,(H,29,39)(H,34,35)(H,36,37)(H2,27,28,38). The normalized spacial score (nSPS) is 16.3. The molecule has 7 N–H and O–H groups in total. The van der Waals surface area contributed by atoms with Crippen LogP contribution in [0.15, 0.2) is 48.5 Å². The van der Waals surface area contributed by atoms with Crippen molar-refractivity contribution >= 4 is 29.9 Å². The quantitative estimate of drug-likeness (QED) is 0.144. The topological polar surface area (TPSA) is 206 Å². The predicted molar refractivity (Wildman–Crippen MR) is 136 cm³/mol. The number of nitrogens with one attached hydrogen (secondary N) is 3. The van der Waals surface area contributed by atoms with Crippen molar-refractivity contribution in [3.8, 4) is 11.5 Å². The highest BCUT2D eigenvalue weighted by Crippen LogP contribution is 2.20. The second-order valence-corrected chi connectivity index (χ2v) is 9.05. The summed E-state index contributed by atoms with van der Waals surface area (Å²) in [7, 11) is 0. The molecule has 3 unspecified atom stereocenters. The fourth-order valence-corrected chi connectivity index (χ4v) is 4.19. The Balaban J connectivity index is 1.44. The smallest absolute Gasteiger partial charge is 0.326 e. The molecule has 13 nitrogen and oxygen atoms in total. The van der Waals surface area contributed by atoms with E-state index in [0.717, 1.165) is 0 Å². The lowest BCUT2D eigenvalue weighted by Crippen LogP contribution is -2.46. The lowest BCUT2D eigenvalue weighted by Gasteiger charge is -2.21. The first-order valence-corrected chi connectivity index (χ1v) is 12.2. The zero-order valence-corrected chi connectivity index (χ0v) is 20.9. The van der Waals surface area contributed by atoms with Crippen molar-refractivity contribution in [3.63, 3.8) is 0 Å². The third-order valence-corrected chi connectivity index (χ3v) is 6.28. The minimum atomic E-state index is -1.38. The van der Waals surface area contributed by atoms with E-state index in [2.05, 4.69) is 16.0 Å². The molecular weight excluding hydrogens is 512 g/mol. The fraction of sp³-hybridized carbons (Fsp3) is 0.346. The van der Waals surface area contributed by atoms with Gasteiger partial charge in [-0.05, 0) is 54.7 Å². The van der Waals surface area contributed by atoms with E-state index in [0.29, 0.717) is 22.4 Å². The Morgan fingerprint density at radius 3 is 2.08 bits per heavy atom. The van der Waals surface area contributed by atoms with Crippen LogP contribution in [0.5, 0.6) is 11.5 Å². The molecule has 39 heavy (non-hydrogen) atoms. The van der Waals surface area contributed by atoms with E-state index in [4.69, 9.17) is 0 Å². The van der Waals surface area contributed by atoms with E-state index in [-0.39, 0.29) is 43.9 Å². The van der Waals surface area contributed by atoms with Gasteiger partial charge in [-0.3, -0.25) is 9.59 Å². The van der Waals surface area contributed by atoms with Gasteiger partial charge in [0, 0.05) is 19.5 Å². The highest BCUT2D eigenvalue weighted by atomic mass is 16.4. The molecule has 0 saturated carbocycles. The van der Waals surface area contributed by atoms with Gasteiger partial charge in [0.15, 0.2) is 0 Å². The summed E-state index contributed by atoms with van der Waals surface area (Å²) in [6.45, 7) is -0.0384. The van der Waals surface area contributed by atoms with Crippen molar-refractivity contribution in [2.45, 2.75) is 43.7 Å². The summed E-state index contributed by atoms with van der Waals surface area (Å²) in [5, 5.41) is 45.4. The molecule has 0 aromatic heterocycles. The fourth-order valence-electron chi connectivity index (χ4n) is 4.19. The van der Waals surface area contributed by atoms with Gasteiger partial charge in [0.2, 0.25) is 0 Å². The predicted octanol–water partition coefficient (Wildman–Crippen LogP) is 1.35. The molecule has 3 rings (SSSR count). The van der Waals surface area contributed by atoms with E-state index in [1.54, 1.807) is 12.1 Å². The van der Waals surface area contributed by atoms with Crippen molar-refractivity contribution in [1.29, 1.82) is 0 Å². The molecule has 0 radical (unpaired) electrons. The number of amides is 5. The summed E-state index contributed by atoms with van der Waals surface area (Å²) in [5.41, 5.74) is 1.09. The molecule has 0 bridgehead atoms. The number of rotatable bonds is 13. The van der Waals surface area contributed by atoms with Crippen LogP contribution in [-0.4, -0.2) is 80.4 Å². The van der Waals surface area contributed by atoms with Gasteiger partial charge in [0.1, 0.15) is 23.6 Å². The minimum absolute atomic E-state index is 0.0117. The van der Waals surface area contributed by atoms with Crippen molar-refractivity contribution in [3.05, 3.63) is 59.7 Å². The lowest BCUT2D eigenvalue weighted by molar-refractivity contribution is -0.147. The van der Waals surface area contributed by atoms with Gasteiger partial charge < -0.3 is 36.4 Å². The van der Waals surface area contributed by atoms with Gasteiger partial charge in [0.25, 0.3) is 5.91 Å². The summed E-state index contributed by atoms with van der Waals surface area (Å²) in [6, 6.07) is 8.00. The van der Waals surface area contributed by atoms with Crippen LogP contribution in [0.4, 0.5) is 9.59 Å². The molecular formula is C26H30N4O9. The summed E-state index contributed by atoms with van der Waals surface area (Å²) in [4.78, 5) is 61.4. The summed E-state index contributed by atoms with van der Waals surface area (Å²) in [6.07, 6.45) is 0.744. The van der Waals surface area contributed by atoms with E-state index in [9.17, 15) is 44.4 Å². The maximum absolute atomic E-state index is 12.8. The van der Waals surface area contributed by atoms with Gasteiger partial charge in [-0.1, -0.05) is 24.3 Å².